The largest absolute Gasteiger partial charge is 0.442 e. The minimum Gasteiger partial charge on any atom is -0.318 e. The topological polar surface area (TPSA) is 127 Å². The predicted octanol–water partition coefficient (Wildman–Crippen LogP) is 5.73. The maximum Gasteiger partial charge on any atom is 0.442 e. The Balaban J connectivity index is 1.33. The molecule has 4 aromatic rings. The van der Waals surface area contributed by atoms with Crippen molar-refractivity contribution in [1.29, 1.82) is 0 Å². The maximum absolute atomic E-state index is 14.2. The Hall–Kier alpha value is -6.05. The number of nitrogens with zero attached hydrogens (tertiary/aromatic N) is 5. The van der Waals surface area contributed by atoms with Crippen molar-refractivity contribution < 1.29 is 32.3 Å². The number of benzene rings is 4. The fraction of sp³-hybridized carbons (Fsp3) is 0.152. The number of hydrogen-bond donors (Lipinski definition) is 2. The lowest BCUT2D eigenvalue weighted by Gasteiger charge is -2.27. The molecule has 0 spiro atoms. The number of para-hydroxylation sites is 4. The van der Waals surface area contributed by atoms with Gasteiger partial charge in [0.15, 0.2) is 6.04 Å². The highest BCUT2D eigenvalue weighted by Gasteiger charge is 2.65. The second kappa shape index (κ2) is 12.0. The van der Waals surface area contributed by atoms with Crippen LogP contribution in [0.5, 0.6) is 0 Å². The van der Waals surface area contributed by atoms with Crippen molar-refractivity contribution in [1.82, 2.24) is 5.32 Å². The molecule has 14 heteroatoms. The number of carbonyl (C=O) groups excluding carboxylic acids is 4. The van der Waals surface area contributed by atoms with Crippen molar-refractivity contribution in [3.63, 3.8) is 0 Å². The third kappa shape index (κ3) is 5.88. The van der Waals surface area contributed by atoms with Crippen molar-refractivity contribution >= 4 is 52.2 Å². The fourth-order valence-electron chi connectivity index (χ4n) is 5.23. The summed E-state index contributed by atoms with van der Waals surface area (Å²) in [4.78, 5) is 59.0. The number of amides is 5. The van der Waals surface area contributed by atoms with E-state index < -0.39 is 48.2 Å². The van der Waals surface area contributed by atoms with E-state index in [4.69, 9.17) is 0 Å². The van der Waals surface area contributed by atoms with E-state index in [1.807, 2.05) is 0 Å². The van der Waals surface area contributed by atoms with Gasteiger partial charge in [0.2, 0.25) is 5.91 Å². The van der Waals surface area contributed by atoms with Gasteiger partial charge in [-0.1, -0.05) is 60.7 Å². The highest BCUT2D eigenvalue weighted by Crippen LogP contribution is 2.52. The van der Waals surface area contributed by atoms with Crippen molar-refractivity contribution in [2.45, 2.75) is 17.9 Å². The lowest BCUT2D eigenvalue weighted by atomic mass is 10.0. The molecule has 2 N–H and O–H groups in total. The number of halogens is 3. The lowest BCUT2D eigenvalue weighted by Crippen LogP contribution is -2.56. The Kier molecular flexibility index (Phi) is 7.93. The van der Waals surface area contributed by atoms with E-state index >= 15 is 0 Å². The Morgan fingerprint density at radius 3 is 2.09 bits per heavy atom. The van der Waals surface area contributed by atoms with Gasteiger partial charge in [-0.2, -0.15) is 13.2 Å². The summed E-state index contributed by atoms with van der Waals surface area (Å²) in [5.74, 6) is -2.20. The number of fused-ring (bicyclic) bond motifs is 1. The molecule has 0 fully saturated rings. The van der Waals surface area contributed by atoms with Gasteiger partial charge in [-0.05, 0) is 48.5 Å². The zero-order valence-electron chi connectivity index (χ0n) is 24.7. The number of alkyl halides is 3. The SMILES string of the molecule is CN(C(=O)CN1C(=O)C(NC(=O)Nc2cccc(C3(C(F)(F)F)N=N3)c2)C(=O)N(c2ccccc2)c2ccccc21)c1ccccc1. The fourth-order valence-corrected chi connectivity index (χ4v) is 5.23. The Bertz CT molecular complexity index is 1880. The highest BCUT2D eigenvalue weighted by atomic mass is 19.4. The molecule has 0 saturated carbocycles. The average molecular weight is 642 g/mol. The Morgan fingerprint density at radius 2 is 1.45 bits per heavy atom. The van der Waals surface area contributed by atoms with Crippen LogP contribution in [0.4, 0.5) is 46.4 Å². The van der Waals surface area contributed by atoms with Crippen LogP contribution in [-0.4, -0.2) is 49.6 Å². The molecule has 2 aliphatic heterocycles. The number of nitrogens with one attached hydrogen (secondary N) is 2. The molecule has 0 radical (unpaired) electrons. The van der Waals surface area contributed by atoms with Crippen LogP contribution >= 0.6 is 0 Å². The van der Waals surface area contributed by atoms with E-state index in [9.17, 15) is 32.3 Å². The van der Waals surface area contributed by atoms with Crippen LogP contribution in [-0.2, 0) is 20.0 Å². The second-order valence-corrected chi connectivity index (χ2v) is 10.7. The second-order valence-electron chi connectivity index (χ2n) is 10.7. The van der Waals surface area contributed by atoms with Crippen LogP contribution in [0.1, 0.15) is 5.56 Å². The third-order valence-electron chi connectivity index (χ3n) is 7.71. The summed E-state index contributed by atoms with van der Waals surface area (Å²) in [6.45, 7) is -0.481. The average Bonchev–Trinajstić information content (AvgIpc) is 3.90. The minimum atomic E-state index is -4.78. The summed E-state index contributed by atoms with van der Waals surface area (Å²) in [5, 5.41) is 11.1. The molecule has 11 nitrogen and oxygen atoms in total. The quantitative estimate of drug-likeness (QED) is 0.250. The molecular weight excluding hydrogens is 615 g/mol. The minimum absolute atomic E-state index is 0.0610. The van der Waals surface area contributed by atoms with Gasteiger partial charge in [-0.15, -0.1) is 10.2 Å². The van der Waals surface area contributed by atoms with E-state index in [2.05, 4.69) is 20.9 Å². The Morgan fingerprint density at radius 1 is 0.830 bits per heavy atom. The summed E-state index contributed by atoms with van der Waals surface area (Å²) in [6.07, 6.45) is -4.78. The monoisotopic (exact) mass is 641 g/mol. The van der Waals surface area contributed by atoms with Gasteiger partial charge < -0.3 is 15.5 Å². The molecule has 1 unspecified atom stereocenters. The number of urea groups is 1. The highest BCUT2D eigenvalue weighted by molar-refractivity contribution is 6.25. The van der Waals surface area contributed by atoms with Gasteiger partial charge in [0, 0.05) is 29.7 Å². The van der Waals surface area contributed by atoms with Crippen LogP contribution in [0.3, 0.4) is 0 Å². The smallest absolute Gasteiger partial charge is 0.318 e. The first kappa shape index (κ1) is 31.0. The molecule has 2 heterocycles. The van der Waals surface area contributed by atoms with Crippen LogP contribution < -0.4 is 25.3 Å². The molecule has 0 saturated heterocycles. The zero-order valence-corrected chi connectivity index (χ0v) is 24.7. The number of carbonyl (C=O) groups is 4. The van der Waals surface area contributed by atoms with Gasteiger partial charge in [-0.3, -0.25) is 24.2 Å². The standard InChI is InChI=1S/C33H26F3N7O4/c1-41(23-13-4-2-5-14-23)27(44)20-42-25-17-8-9-18-26(25)43(24-15-6-3-7-16-24)30(46)28(29(42)45)38-31(47)37-22-12-10-11-21(19-22)32(39-40-32)33(34,35)36/h2-19,28H,20H2,1H3,(H2,37,38,47). The molecule has 4 aromatic carbocycles. The third-order valence-corrected chi connectivity index (χ3v) is 7.71. The summed E-state index contributed by atoms with van der Waals surface area (Å²) in [6, 6.07) is 25.7. The first-order valence-electron chi connectivity index (χ1n) is 14.3. The van der Waals surface area contributed by atoms with Crippen molar-refractivity contribution in [3.05, 3.63) is 115 Å². The summed E-state index contributed by atoms with van der Waals surface area (Å²) in [5.41, 5.74) is -1.59. The molecule has 238 valence electrons. The van der Waals surface area contributed by atoms with Gasteiger partial charge >= 0.3 is 17.9 Å². The molecule has 6 rings (SSSR count). The van der Waals surface area contributed by atoms with E-state index in [0.717, 1.165) is 11.0 Å². The van der Waals surface area contributed by atoms with Crippen LogP contribution in [0.15, 0.2) is 119 Å². The van der Waals surface area contributed by atoms with Crippen molar-refractivity contribution in [2.24, 2.45) is 10.2 Å². The summed E-state index contributed by atoms with van der Waals surface area (Å²) in [7, 11) is 1.55. The number of likely N-dealkylation sites (N-methyl/N-ethyl adjacent to an activating group) is 1. The normalized spacial score (nSPS) is 16.6. The van der Waals surface area contributed by atoms with E-state index in [0.29, 0.717) is 17.1 Å². The zero-order chi connectivity index (χ0) is 33.3. The van der Waals surface area contributed by atoms with Crippen LogP contribution in [0.2, 0.25) is 0 Å². The molecule has 5 amide bonds. The van der Waals surface area contributed by atoms with Crippen LogP contribution in [0, 0.1) is 0 Å². The molecule has 0 bridgehead atoms. The molecule has 1 atom stereocenters. The van der Waals surface area contributed by atoms with Gasteiger partial charge in [0.05, 0.1) is 11.4 Å². The predicted molar refractivity (Wildman–Crippen MR) is 167 cm³/mol. The summed E-state index contributed by atoms with van der Waals surface area (Å²) >= 11 is 0. The first-order valence-corrected chi connectivity index (χ1v) is 14.3. The molecule has 2 aliphatic rings. The first-order chi connectivity index (χ1) is 22.5. The van der Waals surface area contributed by atoms with E-state index in [1.165, 1.54) is 28.0 Å². The van der Waals surface area contributed by atoms with Crippen molar-refractivity contribution in [3.8, 4) is 0 Å². The number of hydrogen-bond acceptors (Lipinski definition) is 6. The van der Waals surface area contributed by atoms with Gasteiger partial charge in [-0.25, -0.2) is 4.79 Å². The number of rotatable bonds is 7. The lowest BCUT2D eigenvalue weighted by molar-refractivity contribution is -0.166. The molecule has 0 aliphatic carbocycles. The molecular formula is C33H26F3N7O4. The maximum atomic E-state index is 14.2. The van der Waals surface area contributed by atoms with Gasteiger partial charge in [0.1, 0.15) is 6.54 Å². The van der Waals surface area contributed by atoms with Crippen LogP contribution in [0.25, 0.3) is 0 Å². The van der Waals surface area contributed by atoms with E-state index in [-0.39, 0.29) is 16.9 Å². The molecule has 47 heavy (non-hydrogen) atoms. The number of anilines is 5. The van der Waals surface area contributed by atoms with Gasteiger partial charge in [0.25, 0.3) is 11.8 Å². The molecule has 0 aromatic heterocycles. The van der Waals surface area contributed by atoms with Crippen molar-refractivity contribution in [2.75, 3.05) is 33.6 Å². The summed E-state index contributed by atoms with van der Waals surface area (Å²) < 4.78 is 40.7. The Labute approximate surface area is 266 Å². The van der Waals surface area contributed by atoms with E-state index in [1.54, 1.807) is 92.0 Å².